The van der Waals surface area contributed by atoms with Gasteiger partial charge >= 0.3 is 5.97 Å². The molecule has 1 unspecified atom stereocenters. The maximum atomic E-state index is 13.1. The fourth-order valence-corrected chi connectivity index (χ4v) is 3.56. The fourth-order valence-electron chi connectivity index (χ4n) is 3.56. The highest BCUT2D eigenvalue weighted by atomic mass is 16.5. The summed E-state index contributed by atoms with van der Waals surface area (Å²) < 4.78 is 5.25. The van der Waals surface area contributed by atoms with Crippen LogP contribution >= 0.6 is 0 Å². The average Bonchev–Trinajstić information content (AvgIpc) is 2.99. The van der Waals surface area contributed by atoms with Crippen LogP contribution in [0.2, 0.25) is 0 Å². The number of aliphatic hydroxyl groups excluding tert-OH is 1. The molecule has 2 aromatic rings. The molecule has 1 amide bonds. The van der Waals surface area contributed by atoms with Crippen molar-refractivity contribution in [2.24, 2.45) is 5.92 Å². The van der Waals surface area contributed by atoms with Crippen molar-refractivity contribution < 1.29 is 24.2 Å². The van der Waals surface area contributed by atoms with Gasteiger partial charge in [-0.25, -0.2) is 4.79 Å². The minimum absolute atomic E-state index is 0.0434. The number of hydrogen-bond acceptors (Lipinski definition) is 6. The second kappa shape index (κ2) is 9.12. The van der Waals surface area contributed by atoms with Gasteiger partial charge in [0.05, 0.1) is 23.3 Å². The summed E-state index contributed by atoms with van der Waals surface area (Å²) in [5, 5.41) is 10.7. The number of amides is 1. The summed E-state index contributed by atoms with van der Waals surface area (Å²) in [7, 11) is 0. The van der Waals surface area contributed by atoms with E-state index in [1.807, 2.05) is 13.8 Å². The van der Waals surface area contributed by atoms with Crippen LogP contribution in [-0.4, -0.2) is 33.9 Å². The van der Waals surface area contributed by atoms with Gasteiger partial charge in [-0.15, -0.1) is 0 Å². The summed E-state index contributed by atoms with van der Waals surface area (Å²) in [6.07, 6.45) is 3.05. The summed E-state index contributed by atoms with van der Waals surface area (Å²) >= 11 is 0. The lowest BCUT2D eigenvalue weighted by Gasteiger charge is -2.27. The van der Waals surface area contributed by atoms with Crippen molar-refractivity contribution in [3.63, 3.8) is 0 Å². The van der Waals surface area contributed by atoms with E-state index in [0.29, 0.717) is 11.3 Å². The molecule has 0 radical (unpaired) electrons. The van der Waals surface area contributed by atoms with E-state index in [1.165, 1.54) is 11.0 Å². The molecule has 1 atom stereocenters. The third-order valence-corrected chi connectivity index (χ3v) is 4.81. The van der Waals surface area contributed by atoms with Gasteiger partial charge in [0.2, 0.25) is 0 Å². The third kappa shape index (κ3) is 4.66. The standard InChI is InChI=1S/C24H26N2O5/c1-14(2)11-19(27)20-21(17-8-6-10-25-13-17)26(23(29)22(20)28)18-9-5-7-16(12-18)24(30)31-15(3)4/h5-10,12-15,21,28H,11H2,1-4H3. The Balaban J connectivity index is 2.09. The monoisotopic (exact) mass is 422 g/mol. The van der Waals surface area contributed by atoms with E-state index in [9.17, 15) is 19.5 Å². The summed E-state index contributed by atoms with van der Waals surface area (Å²) in [5.74, 6) is -2.03. The summed E-state index contributed by atoms with van der Waals surface area (Å²) in [6.45, 7) is 7.29. The van der Waals surface area contributed by atoms with Gasteiger partial charge in [-0.1, -0.05) is 26.0 Å². The molecule has 0 spiro atoms. The molecule has 1 aliphatic heterocycles. The highest BCUT2D eigenvalue weighted by molar-refractivity contribution is 6.16. The molecule has 1 aliphatic rings. The van der Waals surface area contributed by atoms with Gasteiger partial charge in [-0.2, -0.15) is 0 Å². The SMILES string of the molecule is CC(C)CC(=O)C1=C(O)C(=O)N(c2cccc(C(=O)OC(C)C)c2)C1c1cccnc1. The van der Waals surface area contributed by atoms with Crippen LogP contribution in [0.3, 0.4) is 0 Å². The fraction of sp³-hybridized carbons (Fsp3) is 0.333. The van der Waals surface area contributed by atoms with Crippen LogP contribution in [0, 0.1) is 5.92 Å². The Morgan fingerprint density at radius 3 is 2.52 bits per heavy atom. The second-order valence-corrected chi connectivity index (χ2v) is 8.15. The molecule has 0 fully saturated rings. The quantitative estimate of drug-likeness (QED) is 0.673. The van der Waals surface area contributed by atoms with E-state index in [4.69, 9.17) is 4.74 Å². The van der Waals surface area contributed by atoms with Gasteiger partial charge in [0.25, 0.3) is 5.91 Å². The third-order valence-electron chi connectivity index (χ3n) is 4.81. The molecule has 0 aliphatic carbocycles. The molecule has 0 saturated heterocycles. The average molecular weight is 422 g/mol. The van der Waals surface area contributed by atoms with Crippen molar-refractivity contribution >= 4 is 23.3 Å². The Bertz CT molecular complexity index is 1030. The van der Waals surface area contributed by atoms with Crippen LogP contribution in [0.25, 0.3) is 0 Å². The van der Waals surface area contributed by atoms with E-state index in [0.717, 1.165) is 0 Å². The number of ether oxygens (including phenoxy) is 1. The highest BCUT2D eigenvalue weighted by Crippen LogP contribution is 2.41. The second-order valence-electron chi connectivity index (χ2n) is 8.15. The smallest absolute Gasteiger partial charge is 0.338 e. The number of benzene rings is 1. The maximum Gasteiger partial charge on any atom is 0.338 e. The molecule has 31 heavy (non-hydrogen) atoms. The molecule has 1 N–H and O–H groups in total. The molecular formula is C24H26N2O5. The molecular weight excluding hydrogens is 396 g/mol. The van der Waals surface area contributed by atoms with Crippen molar-refractivity contribution in [3.05, 3.63) is 71.3 Å². The lowest BCUT2D eigenvalue weighted by Crippen LogP contribution is -2.31. The minimum atomic E-state index is -0.844. The van der Waals surface area contributed by atoms with Gasteiger partial charge in [-0.05, 0) is 49.6 Å². The Labute approximate surface area is 181 Å². The van der Waals surface area contributed by atoms with Crippen LogP contribution < -0.4 is 4.90 Å². The van der Waals surface area contributed by atoms with Crippen molar-refractivity contribution in [2.75, 3.05) is 4.90 Å². The van der Waals surface area contributed by atoms with Crippen molar-refractivity contribution in [2.45, 2.75) is 46.3 Å². The van der Waals surface area contributed by atoms with E-state index in [2.05, 4.69) is 4.98 Å². The molecule has 0 saturated carbocycles. The molecule has 1 aromatic heterocycles. The van der Waals surface area contributed by atoms with Gasteiger partial charge in [0, 0.05) is 24.5 Å². The molecule has 3 rings (SSSR count). The molecule has 162 valence electrons. The molecule has 2 heterocycles. The number of anilines is 1. The zero-order valence-electron chi connectivity index (χ0n) is 18.0. The minimum Gasteiger partial charge on any atom is -0.503 e. The number of pyridine rings is 1. The van der Waals surface area contributed by atoms with E-state index >= 15 is 0 Å². The first-order chi connectivity index (χ1) is 14.7. The predicted octanol–water partition coefficient (Wildman–Crippen LogP) is 4.16. The summed E-state index contributed by atoms with van der Waals surface area (Å²) in [6, 6.07) is 9.00. The van der Waals surface area contributed by atoms with E-state index in [1.54, 1.807) is 56.6 Å². The number of aromatic nitrogens is 1. The largest absolute Gasteiger partial charge is 0.503 e. The van der Waals surface area contributed by atoms with Crippen molar-refractivity contribution in [3.8, 4) is 0 Å². The molecule has 7 nitrogen and oxygen atoms in total. The normalized spacial score (nSPS) is 16.4. The van der Waals surface area contributed by atoms with Crippen LogP contribution in [0.5, 0.6) is 0 Å². The van der Waals surface area contributed by atoms with Gasteiger partial charge in [0.1, 0.15) is 0 Å². The number of rotatable bonds is 7. The Hall–Kier alpha value is -3.48. The first-order valence-corrected chi connectivity index (χ1v) is 10.2. The molecule has 0 bridgehead atoms. The number of hydrogen-bond donors (Lipinski definition) is 1. The first-order valence-electron chi connectivity index (χ1n) is 10.2. The van der Waals surface area contributed by atoms with Crippen LogP contribution in [-0.2, 0) is 14.3 Å². The Morgan fingerprint density at radius 2 is 1.90 bits per heavy atom. The lowest BCUT2D eigenvalue weighted by molar-refractivity contribution is -0.118. The van der Waals surface area contributed by atoms with Gasteiger partial charge in [-0.3, -0.25) is 19.5 Å². The number of carbonyl (C=O) groups excluding carboxylic acids is 3. The Kier molecular flexibility index (Phi) is 6.53. The summed E-state index contributed by atoms with van der Waals surface area (Å²) in [5.41, 5.74) is 1.27. The van der Waals surface area contributed by atoms with Crippen LogP contribution in [0.1, 0.15) is 56.1 Å². The van der Waals surface area contributed by atoms with Crippen molar-refractivity contribution in [1.29, 1.82) is 0 Å². The predicted molar refractivity (Wildman–Crippen MR) is 116 cm³/mol. The highest BCUT2D eigenvalue weighted by Gasteiger charge is 2.44. The van der Waals surface area contributed by atoms with E-state index in [-0.39, 0.29) is 35.4 Å². The summed E-state index contributed by atoms with van der Waals surface area (Å²) in [4.78, 5) is 43.9. The van der Waals surface area contributed by atoms with Crippen molar-refractivity contribution in [1.82, 2.24) is 4.98 Å². The topological polar surface area (TPSA) is 96.8 Å². The number of esters is 1. The number of carbonyl (C=O) groups is 3. The first kappa shape index (κ1) is 22.2. The van der Waals surface area contributed by atoms with Gasteiger partial charge in [0.15, 0.2) is 11.5 Å². The molecule has 7 heteroatoms. The number of ketones is 1. The van der Waals surface area contributed by atoms with Crippen LogP contribution in [0.15, 0.2) is 60.1 Å². The van der Waals surface area contributed by atoms with Crippen LogP contribution in [0.4, 0.5) is 5.69 Å². The van der Waals surface area contributed by atoms with Gasteiger partial charge < -0.3 is 9.84 Å². The number of Topliss-reactive ketones (excluding diaryl/α,β-unsaturated/α-hetero) is 1. The van der Waals surface area contributed by atoms with E-state index < -0.39 is 23.7 Å². The zero-order chi connectivity index (χ0) is 22.7. The number of nitrogens with zero attached hydrogens (tertiary/aromatic N) is 2. The maximum absolute atomic E-state index is 13.1. The molecule has 1 aromatic carbocycles. The Morgan fingerprint density at radius 1 is 1.16 bits per heavy atom. The lowest BCUT2D eigenvalue weighted by atomic mass is 9.92. The number of aliphatic hydroxyl groups is 1. The zero-order valence-corrected chi connectivity index (χ0v) is 18.0.